The predicted octanol–water partition coefficient (Wildman–Crippen LogP) is 5.67. The number of anilines is 1. The molecule has 11 heteroatoms. The Hall–Kier alpha value is -4.74. The molecule has 0 unspecified atom stereocenters. The number of amides is 2. The molecule has 0 bridgehead atoms. The van der Waals surface area contributed by atoms with Crippen molar-refractivity contribution in [2.24, 2.45) is 5.92 Å². The smallest absolute Gasteiger partial charge is 0.290 e. The number of piperidine rings is 1. The van der Waals surface area contributed by atoms with Crippen LogP contribution in [0, 0.1) is 5.92 Å². The van der Waals surface area contributed by atoms with Crippen LogP contribution in [0.2, 0.25) is 0 Å². The number of benzene rings is 2. The molecule has 4 aromatic rings. The molecule has 0 aliphatic carbocycles. The van der Waals surface area contributed by atoms with Crippen molar-refractivity contribution in [1.29, 1.82) is 0 Å². The second-order valence-corrected chi connectivity index (χ2v) is 11.5. The van der Waals surface area contributed by atoms with E-state index in [1.165, 1.54) is 0 Å². The van der Waals surface area contributed by atoms with E-state index in [4.69, 9.17) is 14.5 Å². The molecule has 2 saturated heterocycles. The monoisotopic (exact) mass is 608 g/mol. The lowest BCUT2D eigenvalue weighted by molar-refractivity contribution is -0.115. The molecular weight excluding hydrogens is 576 g/mol. The molecule has 2 N–H and O–H groups in total. The third kappa shape index (κ3) is 7.24. The molecule has 6 rings (SSSR count). The van der Waals surface area contributed by atoms with Crippen molar-refractivity contribution >= 4 is 34.9 Å². The van der Waals surface area contributed by atoms with E-state index in [1.54, 1.807) is 25.4 Å². The van der Waals surface area contributed by atoms with Crippen LogP contribution in [0.15, 0.2) is 83.9 Å². The summed E-state index contributed by atoms with van der Waals surface area (Å²) in [4.78, 5) is 39.8. The lowest BCUT2D eigenvalue weighted by Gasteiger charge is -2.32. The van der Waals surface area contributed by atoms with Gasteiger partial charge in [-0.1, -0.05) is 18.2 Å². The van der Waals surface area contributed by atoms with Crippen LogP contribution in [-0.4, -0.2) is 52.8 Å². The number of nitrogens with one attached hydrogen (secondary N) is 2. The van der Waals surface area contributed by atoms with Crippen LogP contribution < -0.4 is 25.0 Å². The van der Waals surface area contributed by atoms with Gasteiger partial charge < -0.3 is 19.7 Å². The molecular formula is C33H32N6O4S. The van der Waals surface area contributed by atoms with E-state index < -0.39 is 5.91 Å². The second-order valence-electron chi connectivity index (χ2n) is 10.5. The zero-order valence-corrected chi connectivity index (χ0v) is 25.0. The zero-order valence-electron chi connectivity index (χ0n) is 24.2. The largest absolute Gasteiger partial charge is 0.495 e. The summed E-state index contributed by atoms with van der Waals surface area (Å²) < 4.78 is 11.5. The minimum atomic E-state index is -0.392. The first-order valence-corrected chi connectivity index (χ1v) is 15.3. The normalized spacial score (nSPS) is 16.3. The minimum absolute atomic E-state index is 0.340. The molecule has 44 heavy (non-hydrogen) atoms. The Balaban J connectivity index is 1.01. The van der Waals surface area contributed by atoms with Crippen molar-refractivity contribution in [3.05, 3.63) is 95.3 Å². The van der Waals surface area contributed by atoms with Crippen molar-refractivity contribution < 1.29 is 19.1 Å². The molecule has 10 nitrogen and oxygen atoms in total. The molecule has 224 valence electrons. The fourth-order valence-electron chi connectivity index (χ4n) is 5.16. The average Bonchev–Trinajstić information content (AvgIpc) is 3.38. The highest BCUT2D eigenvalue weighted by atomic mass is 32.2. The van der Waals surface area contributed by atoms with Gasteiger partial charge >= 0.3 is 0 Å². The SMILES string of the molecule is COc1ccc(-c2ccc(Oc3ccccc3)cc2)nc1CNCC1CCN(c2nccc(C=C3SC(=O)NC3=O)n2)CC1. The number of carbonyl (C=O) groups is 2. The van der Waals surface area contributed by atoms with E-state index in [2.05, 4.69) is 25.5 Å². The summed E-state index contributed by atoms with van der Waals surface area (Å²) >= 11 is 0.882. The van der Waals surface area contributed by atoms with Crippen LogP contribution in [0.5, 0.6) is 17.2 Å². The topological polar surface area (TPSA) is 119 Å². The third-order valence-electron chi connectivity index (χ3n) is 7.49. The van der Waals surface area contributed by atoms with Gasteiger partial charge in [-0.05, 0) is 97.7 Å². The van der Waals surface area contributed by atoms with E-state index in [-0.39, 0.29) is 5.24 Å². The summed E-state index contributed by atoms with van der Waals surface area (Å²) in [5.41, 5.74) is 3.34. The Labute approximate surface area is 259 Å². The number of hydrogen-bond acceptors (Lipinski definition) is 10. The predicted molar refractivity (Wildman–Crippen MR) is 171 cm³/mol. The molecule has 0 atom stereocenters. The summed E-state index contributed by atoms with van der Waals surface area (Å²) in [5, 5.41) is 5.48. The summed E-state index contributed by atoms with van der Waals surface area (Å²) in [6.07, 6.45) is 5.30. The van der Waals surface area contributed by atoms with Crippen molar-refractivity contribution in [2.75, 3.05) is 31.6 Å². The molecule has 0 spiro atoms. The van der Waals surface area contributed by atoms with Gasteiger partial charge in [0.2, 0.25) is 5.95 Å². The second kappa shape index (κ2) is 13.7. The van der Waals surface area contributed by atoms with Crippen LogP contribution in [0.1, 0.15) is 24.2 Å². The van der Waals surface area contributed by atoms with Gasteiger partial charge in [0, 0.05) is 31.4 Å². The standard InChI is InChI=1S/C33H32N6O4S/c1-42-29-12-11-27(23-7-9-26(10-8-23)43-25-5-3-2-4-6-25)37-28(29)21-34-20-22-14-17-39(18-15-22)32-35-16-13-24(36-32)19-30-31(40)38-33(41)44-30/h2-13,16,19,22,34H,14-15,17-18,20-21H2,1H3,(H,38,40,41). The van der Waals surface area contributed by atoms with Crippen molar-refractivity contribution in [2.45, 2.75) is 19.4 Å². The van der Waals surface area contributed by atoms with Crippen LogP contribution in [0.25, 0.3) is 17.3 Å². The number of hydrogen-bond donors (Lipinski definition) is 2. The number of pyridine rings is 1. The molecule has 2 aliphatic rings. The van der Waals surface area contributed by atoms with Gasteiger partial charge in [-0.25, -0.2) is 15.0 Å². The Kier molecular flexibility index (Phi) is 9.14. The van der Waals surface area contributed by atoms with E-state index in [0.29, 0.717) is 29.0 Å². The maximum Gasteiger partial charge on any atom is 0.290 e. The average molecular weight is 609 g/mol. The molecule has 0 saturated carbocycles. The van der Waals surface area contributed by atoms with Gasteiger partial charge in [0.15, 0.2) is 0 Å². The summed E-state index contributed by atoms with van der Waals surface area (Å²) in [5.74, 6) is 3.07. The number of methoxy groups -OCH3 is 1. The molecule has 2 fully saturated rings. The number of thioether (sulfide) groups is 1. The molecule has 4 heterocycles. The van der Waals surface area contributed by atoms with Gasteiger partial charge in [-0.15, -0.1) is 0 Å². The van der Waals surface area contributed by atoms with Crippen LogP contribution in [0.4, 0.5) is 10.7 Å². The van der Waals surface area contributed by atoms with Crippen LogP contribution in [-0.2, 0) is 11.3 Å². The maximum atomic E-state index is 11.9. The number of imide groups is 1. The summed E-state index contributed by atoms with van der Waals surface area (Å²) in [6, 6.07) is 23.3. The van der Waals surface area contributed by atoms with Gasteiger partial charge in [-0.2, -0.15) is 0 Å². The number of carbonyl (C=O) groups excluding carboxylic acids is 2. The van der Waals surface area contributed by atoms with Crippen molar-refractivity contribution in [3.63, 3.8) is 0 Å². The summed E-state index contributed by atoms with van der Waals surface area (Å²) in [7, 11) is 1.67. The first-order valence-electron chi connectivity index (χ1n) is 14.4. The highest BCUT2D eigenvalue weighted by molar-refractivity contribution is 8.18. The summed E-state index contributed by atoms with van der Waals surface area (Å²) in [6.45, 7) is 3.13. The van der Waals surface area contributed by atoms with Crippen LogP contribution >= 0.6 is 11.8 Å². The highest BCUT2D eigenvalue weighted by Crippen LogP contribution is 2.28. The quantitative estimate of drug-likeness (QED) is 0.218. The molecule has 0 radical (unpaired) electrons. The number of para-hydroxylation sites is 1. The number of ether oxygens (including phenoxy) is 2. The Morgan fingerprint density at radius 3 is 2.48 bits per heavy atom. The molecule has 2 aromatic heterocycles. The molecule has 2 aliphatic heterocycles. The van der Waals surface area contributed by atoms with Gasteiger partial charge in [0.25, 0.3) is 11.1 Å². The Morgan fingerprint density at radius 2 is 1.75 bits per heavy atom. The lowest BCUT2D eigenvalue weighted by atomic mass is 9.97. The zero-order chi connectivity index (χ0) is 30.3. The first-order chi connectivity index (χ1) is 21.5. The number of rotatable bonds is 10. The minimum Gasteiger partial charge on any atom is -0.495 e. The van der Waals surface area contributed by atoms with Gasteiger partial charge in [0.05, 0.1) is 29.1 Å². The lowest BCUT2D eigenvalue weighted by Crippen LogP contribution is -2.38. The fourth-order valence-corrected chi connectivity index (χ4v) is 5.83. The fraction of sp³-hybridized carbons (Fsp3) is 0.242. The first kappa shape index (κ1) is 29.3. The Morgan fingerprint density at radius 1 is 0.977 bits per heavy atom. The van der Waals surface area contributed by atoms with E-state index in [1.807, 2.05) is 66.7 Å². The third-order valence-corrected chi connectivity index (χ3v) is 8.30. The van der Waals surface area contributed by atoms with Gasteiger partial charge in [0.1, 0.15) is 17.2 Å². The van der Waals surface area contributed by atoms with E-state index >= 15 is 0 Å². The van der Waals surface area contributed by atoms with Gasteiger partial charge in [-0.3, -0.25) is 14.9 Å². The maximum absolute atomic E-state index is 11.9. The number of nitrogens with zero attached hydrogens (tertiary/aromatic N) is 4. The van der Waals surface area contributed by atoms with E-state index in [0.717, 1.165) is 78.4 Å². The molecule has 2 amide bonds. The van der Waals surface area contributed by atoms with Crippen molar-refractivity contribution in [1.82, 2.24) is 25.6 Å². The van der Waals surface area contributed by atoms with Crippen LogP contribution in [0.3, 0.4) is 0 Å². The Bertz CT molecular complexity index is 1660. The van der Waals surface area contributed by atoms with Crippen molar-refractivity contribution in [3.8, 4) is 28.5 Å². The highest BCUT2D eigenvalue weighted by Gasteiger charge is 2.26. The molecule has 2 aromatic carbocycles. The number of aromatic nitrogens is 3. The van der Waals surface area contributed by atoms with E-state index in [9.17, 15) is 9.59 Å².